The van der Waals surface area contributed by atoms with Crippen molar-refractivity contribution in [2.24, 2.45) is 4.99 Å². The van der Waals surface area contributed by atoms with E-state index in [-0.39, 0.29) is 0 Å². The van der Waals surface area contributed by atoms with Crippen molar-refractivity contribution in [3.05, 3.63) is 70.2 Å². The molecule has 0 saturated heterocycles. The fraction of sp³-hybridized carbons (Fsp3) is 0.316. The maximum absolute atomic E-state index is 5.94. The first-order valence-electron chi connectivity index (χ1n) is 7.59. The van der Waals surface area contributed by atoms with E-state index in [1.807, 2.05) is 12.1 Å². The molecule has 1 nitrogen and oxygen atoms in total. The van der Waals surface area contributed by atoms with Gasteiger partial charge in [-0.1, -0.05) is 53.6 Å². The van der Waals surface area contributed by atoms with E-state index in [9.17, 15) is 0 Å². The van der Waals surface area contributed by atoms with Gasteiger partial charge in [0.1, 0.15) is 0 Å². The Morgan fingerprint density at radius 2 is 1.76 bits per heavy atom. The lowest BCUT2D eigenvalue weighted by Crippen LogP contribution is -2.01. The van der Waals surface area contributed by atoms with Crippen molar-refractivity contribution in [3.8, 4) is 0 Å². The smallest absolute Gasteiger partial charge is 0.0510 e. The Balaban J connectivity index is 1.60. The van der Waals surface area contributed by atoms with E-state index < -0.39 is 0 Å². The Hall–Kier alpha value is -1.60. The maximum Gasteiger partial charge on any atom is 0.0510 e. The molecule has 0 N–H and O–H groups in total. The van der Waals surface area contributed by atoms with Gasteiger partial charge in [0, 0.05) is 10.7 Å². The molecule has 0 radical (unpaired) electrons. The third-order valence-electron chi connectivity index (χ3n) is 4.12. The quantitative estimate of drug-likeness (QED) is 0.732. The highest BCUT2D eigenvalue weighted by molar-refractivity contribution is 6.30. The first-order valence-corrected chi connectivity index (χ1v) is 7.97. The molecule has 108 valence electrons. The fourth-order valence-electron chi connectivity index (χ4n) is 2.81. The van der Waals surface area contributed by atoms with Crippen LogP contribution >= 0.6 is 11.6 Å². The molecule has 1 aliphatic rings. The molecular formula is C19H20ClN. The van der Waals surface area contributed by atoms with Crippen LogP contribution in [0.25, 0.3) is 0 Å². The van der Waals surface area contributed by atoms with Gasteiger partial charge in [-0.2, -0.15) is 0 Å². The lowest BCUT2D eigenvalue weighted by atomic mass is 10.0. The van der Waals surface area contributed by atoms with Crippen molar-refractivity contribution in [1.82, 2.24) is 0 Å². The highest BCUT2D eigenvalue weighted by Crippen LogP contribution is 2.23. The zero-order valence-corrected chi connectivity index (χ0v) is 13.1. The minimum atomic E-state index is 0.469. The van der Waals surface area contributed by atoms with Crippen LogP contribution in [0.15, 0.2) is 53.5 Å². The van der Waals surface area contributed by atoms with Gasteiger partial charge >= 0.3 is 0 Å². The number of hydrogen-bond acceptors (Lipinski definition) is 1. The molecule has 0 spiro atoms. The molecule has 3 rings (SSSR count). The van der Waals surface area contributed by atoms with Crippen molar-refractivity contribution in [3.63, 3.8) is 0 Å². The van der Waals surface area contributed by atoms with Crippen LogP contribution < -0.4 is 0 Å². The van der Waals surface area contributed by atoms with E-state index in [2.05, 4.69) is 43.3 Å². The van der Waals surface area contributed by atoms with Gasteiger partial charge < -0.3 is 0 Å². The van der Waals surface area contributed by atoms with Crippen molar-refractivity contribution >= 4 is 17.3 Å². The van der Waals surface area contributed by atoms with Gasteiger partial charge in [0.25, 0.3) is 0 Å². The van der Waals surface area contributed by atoms with E-state index in [1.165, 1.54) is 28.8 Å². The molecule has 1 aliphatic heterocycles. The zero-order chi connectivity index (χ0) is 14.7. The molecule has 1 heterocycles. The normalized spacial score (nSPS) is 17.8. The molecule has 0 amide bonds. The summed E-state index contributed by atoms with van der Waals surface area (Å²) in [5.74, 6) is 0. The van der Waals surface area contributed by atoms with Crippen molar-refractivity contribution in [1.29, 1.82) is 0 Å². The summed E-state index contributed by atoms with van der Waals surface area (Å²) in [5, 5.41) is 0.785. The van der Waals surface area contributed by atoms with Gasteiger partial charge in [-0.15, -0.1) is 0 Å². The van der Waals surface area contributed by atoms with Crippen molar-refractivity contribution < 1.29 is 0 Å². The molecule has 0 saturated carbocycles. The summed E-state index contributed by atoms with van der Waals surface area (Å²) in [6, 6.07) is 17.3. The van der Waals surface area contributed by atoms with Crippen LogP contribution in [0.1, 0.15) is 36.0 Å². The van der Waals surface area contributed by atoms with Gasteiger partial charge in [-0.25, -0.2) is 0 Å². The highest BCUT2D eigenvalue weighted by atomic mass is 35.5. The number of halogens is 1. The average molecular weight is 298 g/mol. The number of aryl methyl sites for hydroxylation is 2. The SMILES string of the molecule is Cc1ccc(CCC2CCC(c3ccc(Cl)cc3)=N2)cc1. The average Bonchev–Trinajstić information content (AvgIpc) is 2.96. The van der Waals surface area contributed by atoms with Gasteiger partial charge in [0.05, 0.1) is 6.04 Å². The molecule has 0 aromatic heterocycles. The number of nitrogens with zero attached hydrogens (tertiary/aromatic N) is 1. The third-order valence-corrected chi connectivity index (χ3v) is 4.37. The molecule has 2 aromatic carbocycles. The van der Waals surface area contributed by atoms with Crippen molar-refractivity contribution in [2.75, 3.05) is 0 Å². The Kier molecular flexibility index (Phi) is 4.40. The predicted molar refractivity (Wildman–Crippen MR) is 90.5 cm³/mol. The van der Waals surface area contributed by atoms with Crippen LogP contribution in [-0.4, -0.2) is 11.8 Å². The molecular weight excluding hydrogens is 278 g/mol. The summed E-state index contributed by atoms with van der Waals surface area (Å²) in [5.41, 5.74) is 5.19. The highest BCUT2D eigenvalue weighted by Gasteiger charge is 2.18. The van der Waals surface area contributed by atoms with E-state index in [1.54, 1.807) is 0 Å². The largest absolute Gasteiger partial charge is 0.286 e. The predicted octanol–water partition coefficient (Wildman–Crippen LogP) is 5.23. The van der Waals surface area contributed by atoms with E-state index in [0.29, 0.717) is 6.04 Å². The Morgan fingerprint density at radius 3 is 2.48 bits per heavy atom. The van der Waals surface area contributed by atoms with Crippen LogP contribution in [-0.2, 0) is 6.42 Å². The standard InChI is InChI=1S/C19H20ClN/c1-14-2-4-15(5-3-14)6-11-18-12-13-19(21-18)16-7-9-17(20)10-8-16/h2-5,7-10,18H,6,11-13H2,1H3. The molecule has 2 heteroatoms. The molecule has 21 heavy (non-hydrogen) atoms. The second kappa shape index (κ2) is 6.44. The molecule has 1 unspecified atom stereocenters. The monoisotopic (exact) mass is 297 g/mol. The minimum absolute atomic E-state index is 0.469. The third kappa shape index (κ3) is 3.74. The summed E-state index contributed by atoms with van der Waals surface area (Å²) in [6.07, 6.45) is 4.51. The Labute approximate surface area is 131 Å². The molecule has 0 aliphatic carbocycles. The van der Waals surface area contributed by atoms with E-state index in [0.717, 1.165) is 24.3 Å². The maximum atomic E-state index is 5.94. The van der Waals surface area contributed by atoms with E-state index >= 15 is 0 Å². The lowest BCUT2D eigenvalue weighted by molar-refractivity contribution is 0.614. The number of aliphatic imine (C=N–C) groups is 1. The summed E-state index contributed by atoms with van der Waals surface area (Å²) in [6.45, 7) is 2.13. The zero-order valence-electron chi connectivity index (χ0n) is 12.3. The number of hydrogen-bond donors (Lipinski definition) is 0. The van der Waals surface area contributed by atoms with Crippen LogP contribution in [0.2, 0.25) is 5.02 Å². The lowest BCUT2D eigenvalue weighted by Gasteiger charge is -2.06. The second-order valence-corrected chi connectivity index (χ2v) is 6.24. The van der Waals surface area contributed by atoms with Gasteiger partial charge in [0.2, 0.25) is 0 Å². The van der Waals surface area contributed by atoms with Gasteiger partial charge in [-0.05, 0) is 55.9 Å². The molecule has 2 aromatic rings. The van der Waals surface area contributed by atoms with Crippen molar-refractivity contribution in [2.45, 2.75) is 38.6 Å². The van der Waals surface area contributed by atoms with Crippen LogP contribution in [0.4, 0.5) is 0 Å². The molecule has 0 bridgehead atoms. The summed E-state index contributed by atoms with van der Waals surface area (Å²) >= 11 is 5.94. The Morgan fingerprint density at radius 1 is 1.05 bits per heavy atom. The number of rotatable bonds is 4. The summed E-state index contributed by atoms with van der Waals surface area (Å²) in [4.78, 5) is 4.89. The minimum Gasteiger partial charge on any atom is -0.286 e. The van der Waals surface area contributed by atoms with E-state index in [4.69, 9.17) is 16.6 Å². The van der Waals surface area contributed by atoms with Gasteiger partial charge in [0.15, 0.2) is 0 Å². The van der Waals surface area contributed by atoms with Gasteiger partial charge in [-0.3, -0.25) is 4.99 Å². The van der Waals surface area contributed by atoms with Crippen LogP contribution in [0.3, 0.4) is 0 Å². The van der Waals surface area contributed by atoms with Crippen LogP contribution in [0.5, 0.6) is 0 Å². The van der Waals surface area contributed by atoms with Crippen LogP contribution in [0, 0.1) is 6.92 Å². The summed E-state index contributed by atoms with van der Waals surface area (Å²) in [7, 11) is 0. The first kappa shape index (κ1) is 14.3. The summed E-state index contributed by atoms with van der Waals surface area (Å²) < 4.78 is 0. The topological polar surface area (TPSA) is 12.4 Å². The fourth-order valence-corrected chi connectivity index (χ4v) is 2.94. The molecule has 0 fully saturated rings. The number of benzene rings is 2. The molecule has 1 atom stereocenters. The Bertz CT molecular complexity index is 626. The first-order chi connectivity index (χ1) is 10.2. The second-order valence-electron chi connectivity index (χ2n) is 5.80.